The number of halogens is 4. The van der Waals surface area contributed by atoms with Crippen molar-refractivity contribution in [2.45, 2.75) is 38.0 Å². The number of carbonyl (C=O) groups is 1. The number of carbonyl (C=O) groups excluding carboxylic acids is 1. The van der Waals surface area contributed by atoms with Crippen molar-refractivity contribution in [3.05, 3.63) is 51.7 Å². The zero-order chi connectivity index (χ0) is 23.8. The van der Waals surface area contributed by atoms with Crippen molar-refractivity contribution in [1.82, 2.24) is 24.8 Å². The number of fused-ring (bicyclic) bond motifs is 1. The summed E-state index contributed by atoms with van der Waals surface area (Å²) in [6.07, 6.45) is 2.93. The molecule has 0 bridgehead atoms. The Morgan fingerprint density at radius 1 is 1.36 bits per heavy atom. The van der Waals surface area contributed by atoms with Crippen LogP contribution in [0.3, 0.4) is 0 Å². The molecule has 1 unspecified atom stereocenters. The Morgan fingerprint density at radius 3 is 2.85 bits per heavy atom. The van der Waals surface area contributed by atoms with Crippen molar-refractivity contribution < 1.29 is 23.1 Å². The smallest absolute Gasteiger partial charge is 0.294 e. The van der Waals surface area contributed by atoms with Gasteiger partial charge in [0.05, 0.1) is 36.7 Å². The number of nitrogens with one attached hydrogen (secondary N) is 3. The van der Waals surface area contributed by atoms with Crippen LogP contribution in [0.4, 0.5) is 19.0 Å². The molecule has 33 heavy (non-hydrogen) atoms. The maximum Gasteiger partial charge on any atom is 0.294 e. The summed E-state index contributed by atoms with van der Waals surface area (Å²) in [5.74, 6) is -5.40. The Hall–Kier alpha value is -3.12. The van der Waals surface area contributed by atoms with E-state index in [1.165, 1.54) is 18.5 Å². The molecule has 4 N–H and O–H groups in total. The number of anilines is 1. The Kier molecular flexibility index (Phi) is 6.30. The maximum absolute atomic E-state index is 14.1. The van der Waals surface area contributed by atoms with Crippen LogP contribution in [-0.4, -0.2) is 49.1 Å². The second-order valence-electron chi connectivity index (χ2n) is 7.85. The zero-order valence-corrected chi connectivity index (χ0v) is 17.9. The van der Waals surface area contributed by atoms with Crippen molar-refractivity contribution in [2.24, 2.45) is 5.92 Å². The number of aliphatic hydroxyl groups excluding tert-OH is 1. The number of aromatic nitrogens is 4. The van der Waals surface area contributed by atoms with Gasteiger partial charge in [-0.05, 0) is 24.8 Å². The first-order chi connectivity index (χ1) is 15.7. The average molecular weight is 485 g/mol. The lowest BCUT2D eigenvalue weighted by Crippen LogP contribution is -2.42. The molecule has 0 saturated heterocycles. The number of H-pyrrole nitrogens is 1. The third kappa shape index (κ3) is 5.11. The molecular weight excluding hydrogens is 465 g/mol. The number of hydrogen-bond donors (Lipinski definition) is 4. The molecule has 0 radical (unpaired) electrons. The van der Waals surface area contributed by atoms with Gasteiger partial charge in [0.15, 0.2) is 5.82 Å². The molecule has 4 rings (SSSR count). The minimum Gasteiger partial charge on any atom is -0.386 e. The number of pyridine rings is 1. The van der Waals surface area contributed by atoms with E-state index in [0.29, 0.717) is 29.4 Å². The largest absolute Gasteiger partial charge is 0.386 e. The summed E-state index contributed by atoms with van der Waals surface area (Å²) in [5.41, 5.74) is 0.0255. The van der Waals surface area contributed by atoms with Gasteiger partial charge >= 0.3 is 0 Å². The van der Waals surface area contributed by atoms with Crippen LogP contribution in [0.1, 0.15) is 18.5 Å². The minimum absolute atomic E-state index is 0.0345. The summed E-state index contributed by atoms with van der Waals surface area (Å²) in [4.78, 5) is 35.5. The number of rotatable bonds is 9. The van der Waals surface area contributed by atoms with Crippen LogP contribution in [0.2, 0.25) is 5.15 Å². The van der Waals surface area contributed by atoms with E-state index in [2.05, 4.69) is 25.6 Å². The van der Waals surface area contributed by atoms with Crippen LogP contribution in [-0.2, 0) is 17.9 Å². The topological polar surface area (TPSA) is 125 Å². The third-order valence-corrected chi connectivity index (χ3v) is 5.64. The molecule has 1 aliphatic rings. The van der Waals surface area contributed by atoms with Gasteiger partial charge in [0.25, 0.3) is 11.5 Å². The Balaban J connectivity index is 1.39. The number of hydrogen-bond acceptors (Lipinski definition) is 6. The highest BCUT2D eigenvalue weighted by Crippen LogP contribution is 2.39. The molecule has 176 valence electrons. The Morgan fingerprint density at radius 2 is 2.12 bits per heavy atom. The minimum atomic E-state index is -3.45. The number of amides is 1. The van der Waals surface area contributed by atoms with Gasteiger partial charge in [0.1, 0.15) is 23.6 Å². The predicted molar refractivity (Wildman–Crippen MR) is 114 cm³/mol. The van der Waals surface area contributed by atoms with E-state index in [1.54, 1.807) is 0 Å². The first-order valence-corrected chi connectivity index (χ1v) is 10.5. The van der Waals surface area contributed by atoms with E-state index in [0.717, 1.165) is 10.8 Å². The average Bonchev–Trinajstić information content (AvgIpc) is 3.57. The fourth-order valence-electron chi connectivity index (χ4n) is 3.31. The van der Waals surface area contributed by atoms with E-state index in [1.807, 2.05) is 0 Å². The van der Waals surface area contributed by atoms with E-state index < -0.39 is 54.1 Å². The number of aromatic amines is 1. The summed E-state index contributed by atoms with van der Waals surface area (Å²) in [7, 11) is 0. The molecule has 1 fully saturated rings. The molecular formula is C20H20ClF3N6O3. The van der Waals surface area contributed by atoms with E-state index in [-0.39, 0.29) is 11.7 Å². The first kappa shape index (κ1) is 23.1. The number of alkyl halides is 2. The maximum atomic E-state index is 14.1. The highest BCUT2D eigenvalue weighted by molar-refractivity contribution is 6.29. The molecule has 1 amide bonds. The summed E-state index contributed by atoms with van der Waals surface area (Å²) < 4.78 is 42.8. The van der Waals surface area contributed by atoms with Gasteiger partial charge in [-0.3, -0.25) is 19.1 Å². The molecule has 3 heterocycles. The van der Waals surface area contributed by atoms with Gasteiger partial charge in [-0.15, -0.1) is 0 Å². The van der Waals surface area contributed by atoms with Crippen molar-refractivity contribution in [2.75, 3.05) is 11.9 Å². The number of aliphatic hydroxyl groups is 1. The Labute approximate surface area is 190 Å². The molecule has 9 nitrogen and oxygen atoms in total. The quantitative estimate of drug-likeness (QED) is 0.368. The van der Waals surface area contributed by atoms with E-state index in [9.17, 15) is 27.9 Å². The molecule has 1 saturated carbocycles. The van der Waals surface area contributed by atoms with Crippen molar-refractivity contribution in [3.8, 4) is 0 Å². The summed E-state index contributed by atoms with van der Waals surface area (Å²) >= 11 is 5.97. The van der Waals surface area contributed by atoms with Crippen molar-refractivity contribution in [3.63, 3.8) is 0 Å². The molecule has 1 aliphatic carbocycles. The summed E-state index contributed by atoms with van der Waals surface area (Å²) in [6.45, 7) is -1.53. The zero-order valence-electron chi connectivity index (χ0n) is 17.1. The van der Waals surface area contributed by atoms with Gasteiger partial charge in [-0.1, -0.05) is 11.6 Å². The van der Waals surface area contributed by atoms with Crippen LogP contribution in [0.15, 0.2) is 29.5 Å². The fourth-order valence-corrected chi connectivity index (χ4v) is 3.50. The second kappa shape index (κ2) is 9.02. The van der Waals surface area contributed by atoms with Gasteiger partial charge < -0.3 is 20.7 Å². The lowest BCUT2D eigenvalue weighted by atomic mass is 10.1. The number of nitrogens with zero attached hydrogens (tertiary/aromatic N) is 3. The van der Waals surface area contributed by atoms with Crippen molar-refractivity contribution in [1.29, 1.82) is 0 Å². The molecule has 1 atom stereocenters. The lowest BCUT2D eigenvalue weighted by Gasteiger charge is -2.23. The highest BCUT2D eigenvalue weighted by Gasteiger charge is 2.47. The molecule has 3 aromatic heterocycles. The summed E-state index contributed by atoms with van der Waals surface area (Å²) in [6, 6.07) is 1.48. The molecule has 0 aliphatic heterocycles. The van der Waals surface area contributed by atoms with E-state index >= 15 is 0 Å². The normalized spacial score (nSPS) is 14.9. The van der Waals surface area contributed by atoms with Crippen LogP contribution in [0, 0.1) is 11.7 Å². The predicted octanol–water partition coefficient (Wildman–Crippen LogP) is 2.05. The summed E-state index contributed by atoms with van der Waals surface area (Å²) in [5, 5.41) is 14.6. The first-order valence-electron chi connectivity index (χ1n) is 10.1. The molecule has 13 heteroatoms. The van der Waals surface area contributed by atoms with Crippen molar-refractivity contribution >= 4 is 34.2 Å². The van der Waals surface area contributed by atoms with Crippen LogP contribution in [0.5, 0.6) is 0 Å². The van der Waals surface area contributed by atoms with Gasteiger partial charge in [-0.2, -0.15) is 0 Å². The Bertz CT molecular complexity index is 1240. The second-order valence-corrected chi connectivity index (χ2v) is 8.24. The lowest BCUT2D eigenvalue weighted by molar-refractivity contribution is -0.121. The molecule has 0 aromatic carbocycles. The van der Waals surface area contributed by atoms with Gasteiger partial charge in [0, 0.05) is 11.6 Å². The molecule has 0 spiro atoms. The standard InChI is InChI=1S/C20H20ClF3N6O3/c21-15-7-28-18(29-9-20(23,24)17(32)10-1-2-10)19(33)30(15)8-16(31)27-4-11-3-12-13(22)5-26-14(12)6-25-11/h3,5-7,10,17,26,32H,1-2,4,8-9H2,(H,27,31)(H,28,29). The van der Waals surface area contributed by atoms with Gasteiger partial charge in [0.2, 0.25) is 5.91 Å². The fraction of sp³-hybridized carbons (Fsp3) is 0.400. The highest BCUT2D eigenvalue weighted by atomic mass is 35.5. The van der Waals surface area contributed by atoms with E-state index in [4.69, 9.17) is 11.6 Å². The van der Waals surface area contributed by atoms with Gasteiger partial charge in [-0.25, -0.2) is 18.2 Å². The molecule has 3 aromatic rings. The van der Waals surface area contributed by atoms with Crippen LogP contribution < -0.4 is 16.2 Å². The van der Waals surface area contributed by atoms with Crippen LogP contribution in [0.25, 0.3) is 10.9 Å². The third-order valence-electron chi connectivity index (χ3n) is 5.34. The SMILES string of the molecule is O=C(Cn1c(Cl)cnc(NCC(F)(F)C(O)C2CC2)c1=O)NCc1cc2c(F)c[nH]c2cn1. The van der Waals surface area contributed by atoms with Crippen LogP contribution >= 0.6 is 11.6 Å². The monoisotopic (exact) mass is 484 g/mol.